The maximum atomic E-state index is 11.4. The Labute approximate surface area is 103 Å². The van der Waals surface area contributed by atoms with Crippen molar-refractivity contribution in [2.24, 2.45) is 10.8 Å². The molecule has 1 aliphatic rings. The molecule has 1 amide bonds. The minimum Gasteiger partial charge on any atom is -0.504 e. The molecule has 1 aromatic carbocycles. The molecule has 2 rings (SSSR count). The number of nitrogens with two attached hydrogens (primary N) is 1. The van der Waals surface area contributed by atoms with E-state index in [9.17, 15) is 15.0 Å². The Morgan fingerprint density at radius 2 is 2.17 bits per heavy atom. The number of nitrogens with one attached hydrogen (secondary N) is 1. The molecular formula is C11H13N3O4. The highest BCUT2D eigenvalue weighted by atomic mass is 16.5. The molecule has 1 aliphatic heterocycles. The molecule has 1 aromatic rings. The number of hydrazine groups is 1. The lowest BCUT2D eigenvalue weighted by molar-refractivity contribution is -0.123. The molecule has 0 fully saturated rings. The number of benzene rings is 1. The van der Waals surface area contributed by atoms with Crippen LogP contribution in [0.25, 0.3) is 0 Å². The third-order valence-electron chi connectivity index (χ3n) is 2.63. The molecule has 0 spiro atoms. The number of ether oxygens (including phenoxy) is 1. The smallest absolute Gasteiger partial charge is 0.262 e. The van der Waals surface area contributed by atoms with Gasteiger partial charge in [-0.3, -0.25) is 10.2 Å². The molecule has 0 unspecified atom stereocenters. The van der Waals surface area contributed by atoms with E-state index in [0.717, 1.165) is 0 Å². The molecule has 1 heterocycles. The summed E-state index contributed by atoms with van der Waals surface area (Å²) in [5, 5.41) is 18.6. The zero-order valence-electron chi connectivity index (χ0n) is 9.62. The number of amides is 1. The summed E-state index contributed by atoms with van der Waals surface area (Å²) < 4.78 is 5.42. The summed E-state index contributed by atoms with van der Waals surface area (Å²) >= 11 is 0. The Hall–Kier alpha value is -2.28. The van der Waals surface area contributed by atoms with Gasteiger partial charge in [-0.1, -0.05) is 0 Å². The summed E-state index contributed by atoms with van der Waals surface area (Å²) in [5.41, 5.74) is 2.49. The predicted octanol–water partition coefficient (Wildman–Crippen LogP) is -0.378. The molecule has 0 aromatic heterocycles. The number of nitrogens with zero attached hydrogens (tertiary/aromatic N) is 1. The monoisotopic (exact) mass is 251 g/mol. The number of hydrogen-bond acceptors (Lipinski definition) is 6. The average molecular weight is 251 g/mol. The molecule has 0 radical (unpaired) electrons. The molecule has 0 aliphatic carbocycles. The second-order valence-electron chi connectivity index (χ2n) is 3.91. The number of phenols is 2. The summed E-state index contributed by atoms with van der Waals surface area (Å²) in [6.45, 7) is 1.69. The lowest BCUT2D eigenvalue weighted by Gasteiger charge is -2.10. The fourth-order valence-corrected chi connectivity index (χ4v) is 1.66. The Balaban J connectivity index is 2.29. The molecule has 7 heteroatoms. The fraction of sp³-hybridized carbons (Fsp3) is 0.273. The van der Waals surface area contributed by atoms with Crippen LogP contribution in [-0.4, -0.2) is 34.2 Å². The summed E-state index contributed by atoms with van der Waals surface area (Å²) in [5.74, 6) is 4.31. The largest absolute Gasteiger partial charge is 0.504 e. The van der Waals surface area contributed by atoms with Crippen molar-refractivity contribution in [2.45, 2.75) is 19.1 Å². The van der Waals surface area contributed by atoms with Crippen LogP contribution in [0.15, 0.2) is 23.2 Å². The Morgan fingerprint density at radius 1 is 1.44 bits per heavy atom. The first-order chi connectivity index (χ1) is 8.52. The van der Waals surface area contributed by atoms with Gasteiger partial charge in [0.05, 0.1) is 0 Å². The third kappa shape index (κ3) is 2.07. The van der Waals surface area contributed by atoms with Gasteiger partial charge in [0.25, 0.3) is 5.91 Å². The quantitative estimate of drug-likeness (QED) is 0.247. The maximum absolute atomic E-state index is 11.4. The SMILES string of the molecule is C[C@H]1OC(c2ccc(O)c(O)c2)=N[C@@H]1C(=O)NN. The Bertz CT molecular complexity index is 515. The summed E-state index contributed by atoms with van der Waals surface area (Å²) in [4.78, 5) is 15.5. The molecular weight excluding hydrogens is 238 g/mol. The number of phenolic OH excluding ortho intramolecular Hbond substituents is 2. The molecule has 0 saturated carbocycles. The predicted molar refractivity (Wildman–Crippen MR) is 63.0 cm³/mol. The van der Waals surface area contributed by atoms with Crippen molar-refractivity contribution in [1.29, 1.82) is 0 Å². The normalized spacial score (nSPS) is 22.2. The zero-order chi connectivity index (χ0) is 13.3. The van der Waals surface area contributed by atoms with Gasteiger partial charge in [-0.05, 0) is 25.1 Å². The summed E-state index contributed by atoms with van der Waals surface area (Å²) in [6.07, 6.45) is -0.445. The lowest BCUT2D eigenvalue weighted by Crippen LogP contribution is -2.41. The van der Waals surface area contributed by atoms with Crippen molar-refractivity contribution in [1.82, 2.24) is 5.43 Å². The van der Waals surface area contributed by atoms with E-state index >= 15 is 0 Å². The Morgan fingerprint density at radius 3 is 2.78 bits per heavy atom. The first-order valence-corrected chi connectivity index (χ1v) is 5.30. The van der Waals surface area contributed by atoms with E-state index in [1.165, 1.54) is 18.2 Å². The van der Waals surface area contributed by atoms with Crippen LogP contribution >= 0.6 is 0 Å². The van der Waals surface area contributed by atoms with Crippen LogP contribution in [-0.2, 0) is 9.53 Å². The number of carbonyl (C=O) groups excluding carboxylic acids is 1. The number of carbonyl (C=O) groups is 1. The van der Waals surface area contributed by atoms with Crippen LogP contribution < -0.4 is 11.3 Å². The molecule has 96 valence electrons. The fourth-order valence-electron chi connectivity index (χ4n) is 1.66. The van der Waals surface area contributed by atoms with Crippen molar-refractivity contribution < 1.29 is 19.7 Å². The maximum Gasteiger partial charge on any atom is 0.262 e. The van der Waals surface area contributed by atoms with E-state index < -0.39 is 18.1 Å². The van der Waals surface area contributed by atoms with Crippen LogP contribution in [0.2, 0.25) is 0 Å². The van der Waals surface area contributed by atoms with Gasteiger partial charge in [-0.25, -0.2) is 10.8 Å². The minimum atomic E-state index is -0.721. The van der Waals surface area contributed by atoms with Gasteiger partial charge in [0.15, 0.2) is 17.5 Å². The van der Waals surface area contributed by atoms with E-state index in [0.29, 0.717) is 5.56 Å². The van der Waals surface area contributed by atoms with E-state index in [4.69, 9.17) is 10.6 Å². The van der Waals surface area contributed by atoms with Crippen LogP contribution in [0, 0.1) is 0 Å². The molecule has 2 atom stereocenters. The molecule has 0 bridgehead atoms. The Kier molecular flexibility index (Phi) is 3.07. The van der Waals surface area contributed by atoms with Gasteiger partial charge < -0.3 is 14.9 Å². The second kappa shape index (κ2) is 4.53. The highest BCUT2D eigenvalue weighted by molar-refractivity contribution is 5.99. The van der Waals surface area contributed by atoms with Gasteiger partial charge in [0.1, 0.15) is 6.10 Å². The lowest BCUT2D eigenvalue weighted by atomic mass is 10.2. The van der Waals surface area contributed by atoms with E-state index in [-0.39, 0.29) is 17.4 Å². The van der Waals surface area contributed by atoms with Crippen LogP contribution in [0.1, 0.15) is 12.5 Å². The standard InChI is InChI=1S/C11H13N3O4/c1-5-9(10(17)14-12)13-11(18-5)6-2-3-7(15)8(16)4-6/h2-5,9,15-16H,12H2,1H3,(H,14,17)/t5-,9+/m1/s1. The minimum absolute atomic E-state index is 0.228. The number of aliphatic imine (C=N–C) groups is 1. The van der Waals surface area contributed by atoms with Crippen molar-refractivity contribution in [3.05, 3.63) is 23.8 Å². The van der Waals surface area contributed by atoms with Gasteiger partial charge in [0.2, 0.25) is 5.90 Å². The molecule has 7 nitrogen and oxygen atoms in total. The van der Waals surface area contributed by atoms with Crippen molar-refractivity contribution in [2.75, 3.05) is 0 Å². The number of hydrogen-bond donors (Lipinski definition) is 4. The number of rotatable bonds is 2. The summed E-state index contributed by atoms with van der Waals surface area (Å²) in [7, 11) is 0. The van der Waals surface area contributed by atoms with Crippen molar-refractivity contribution >= 4 is 11.8 Å². The van der Waals surface area contributed by atoms with Crippen molar-refractivity contribution in [3.8, 4) is 11.5 Å². The first-order valence-electron chi connectivity index (χ1n) is 5.30. The number of aromatic hydroxyl groups is 2. The van der Waals surface area contributed by atoms with E-state index in [1.54, 1.807) is 6.92 Å². The third-order valence-corrected chi connectivity index (χ3v) is 2.63. The topological polar surface area (TPSA) is 117 Å². The van der Waals surface area contributed by atoms with Gasteiger partial charge in [-0.15, -0.1) is 0 Å². The average Bonchev–Trinajstić information content (AvgIpc) is 2.74. The van der Waals surface area contributed by atoms with Gasteiger partial charge >= 0.3 is 0 Å². The first kappa shape index (κ1) is 12.2. The van der Waals surface area contributed by atoms with Crippen LogP contribution in [0.4, 0.5) is 0 Å². The molecule has 5 N–H and O–H groups in total. The molecule has 18 heavy (non-hydrogen) atoms. The van der Waals surface area contributed by atoms with Gasteiger partial charge in [-0.2, -0.15) is 0 Å². The molecule has 0 saturated heterocycles. The van der Waals surface area contributed by atoms with Gasteiger partial charge in [0, 0.05) is 5.56 Å². The summed E-state index contributed by atoms with van der Waals surface area (Å²) in [6, 6.07) is 3.44. The van der Waals surface area contributed by atoms with Crippen LogP contribution in [0.5, 0.6) is 11.5 Å². The zero-order valence-corrected chi connectivity index (χ0v) is 9.62. The second-order valence-corrected chi connectivity index (χ2v) is 3.91. The van der Waals surface area contributed by atoms with E-state index in [2.05, 4.69) is 4.99 Å². The highest BCUT2D eigenvalue weighted by Crippen LogP contribution is 2.27. The highest BCUT2D eigenvalue weighted by Gasteiger charge is 2.33. The van der Waals surface area contributed by atoms with Crippen molar-refractivity contribution in [3.63, 3.8) is 0 Å². The van der Waals surface area contributed by atoms with E-state index in [1.807, 2.05) is 5.43 Å². The van der Waals surface area contributed by atoms with Crippen LogP contribution in [0.3, 0.4) is 0 Å².